The quantitative estimate of drug-likeness (QED) is 0.760. The highest BCUT2D eigenvalue weighted by Gasteiger charge is 2.31. The number of likely N-dealkylation sites (tertiary alicyclic amines) is 1. The summed E-state index contributed by atoms with van der Waals surface area (Å²) in [6, 6.07) is 0. The van der Waals surface area contributed by atoms with E-state index in [4.69, 9.17) is 4.74 Å². The van der Waals surface area contributed by atoms with Crippen molar-refractivity contribution < 1.29 is 9.53 Å². The number of likely N-dealkylation sites (N-methyl/N-ethyl adjacent to an activating group) is 1. The van der Waals surface area contributed by atoms with Crippen LogP contribution >= 0.6 is 0 Å². The summed E-state index contributed by atoms with van der Waals surface area (Å²) in [6.45, 7) is 11.9. The number of amides is 1. The van der Waals surface area contributed by atoms with E-state index in [9.17, 15) is 4.79 Å². The van der Waals surface area contributed by atoms with Gasteiger partial charge in [-0.2, -0.15) is 0 Å². The molecule has 2 fully saturated rings. The molecule has 2 heterocycles. The summed E-state index contributed by atoms with van der Waals surface area (Å²) < 4.78 is 5.96. The van der Waals surface area contributed by atoms with Gasteiger partial charge in [0.2, 0.25) is 5.91 Å². The van der Waals surface area contributed by atoms with E-state index < -0.39 is 0 Å². The van der Waals surface area contributed by atoms with Crippen LogP contribution in [0.3, 0.4) is 0 Å². The Bertz CT molecular complexity index is 315. The van der Waals surface area contributed by atoms with E-state index >= 15 is 0 Å². The largest absolute Gasteiger partial charge is 0.375 e. The number of carbonyl (C=O) groups excluding carboxylic acids is 1. The Balaban J connectivity index is 1.67. The smallest absolute Gasteiger partial charge is 0.225 e. The van der Waals surface area contributed by atoms with Crippen LogP contribution in [0.4, 0.5) is 0 Å². The van der Waals surface area contributed by atoms with E-state index in [1.54, 1.807) is 0 Å². The first-order chi connectivity index (χ1) is 10.2. The number of hydrogen-bond acceptors (Lipinski definition) is 4. The molecule has 0 aromatic rings. The van der Waals surface area contributed by atoms with Gasteiger partial charge < -0.3 is 19.9 Å². The molecule has 1 N–H and O–H groups in total. The molecule has 2 aliphatic heterocycles. The Hall–Kier alpha value is -0.650. The Morgan fingerprint density at radius 1 is 1.24 bits per heavy atom. The monoisotopic (exact) mass is 297 g/mol. The SMILES string of the molecule is CCN(CC)CCOC1CCN(C(=O)C2CCNCC2)C1. The molecule has 122 valence electrons. The maximum absolute atomic E-state index is 12.5. The van der Waals surface area contributed by atoms with Gasteiger partial charge in [-0.3, -0.25) is 4.79 Å². The molecule has 1 amide bonds. The van der Waals surface area contributed by atoms with E-state index in [0.717, 1.165) is 71.7 Å². The van der Waals surface area contributed by atoms with Crippen LogP contribution in [-0.2, 0) is 9.53 Å². The van der Waals surface area contributed by atoms with Gasteiger partial charge in [-0.15, -0.1) is 0 Å². The second-order valence-electron chi connectivity index (χ2n) is 6.12. The number of piperidine rings is 1. The molecule has 0 aromatic heterocycles. The van der Waals surface area contributed by atoms with Crippen LogP contribution in [0.2, 0.25) is 0 Å². The minimum atomic E-state index is 0.237. The van der Waals surface area contributed by atoms with Crippen molar-refractivity contribution in [3.05, 3.63) is 0 Å². The van der Waals surface area contributed by atoms with Gasteiger partial charge in [0, 0.05) is 25.6 Å². The van der Waals surface area contributed by atoms with Crippen LogP contribution in [0.5, 0.6) is 0 Å². The molecular formula is C16H31N3O2. The lowest BCUT2D eigenvalue weighted by Crippen LogP contribution is -2.40. The predicted molar refractivity (Wildman–Crippen MR) is 84.3 cm³/mol. The lowest BCUT2D eigenvalue weighted by atomic mass is 9.97. The molecule has 1 unspecified atom stereocenters. The van der Waals surface area contributed by atoms with Crippen LogP contribution < -0.4 is 5.32 Å². The third-order valence-electron chi connectivity index (χ3n) is 4.80. The van der Waals surface area contributed by atoms with E-state index in [1.165, 1.54) is 0 Å². The average Bonchev–Trinajstić information content (AvgIpc) is 3.00. The molecule has 0 bridgehead atoms. The van der Waals surface area contributed by atoms with Crippen LogP contribution in [0.25, 0.3) is 0 Å². The predicted octanol–water partition coefficient (Wildman–Crippen LogP) is 0.945. The minimum Gasteiger partial charge on any atom is -0.375 e. The van der Waals surface area contributed by atoms with Gasteiger partial charge >= 0.3 is 0 Å². The number of nitrogens with zero attached hydrogens (tertiary/aromatic N) is 2. The summed E-state index contributed by atoms with van der Waals surface area (Å²) in [5, 5.41) is 3.32. The van der Waals surface area contributed by atoms with Crippen LogP contribution in [-0.4, -0.2) is 74.2 Å². The molecule has 21 heavy (non-hydrogen) atoms. The third-order valence-corrected chi connectivity index (χ3v) is 4.80. The molecule has 0 aromatic carbocycles. The minimum absolute atomic E-state index is 0.237. The van der Waals surface area contributed by atoms with E-state index in [-0.39, 0.29) is 12.0 Å². The van der Waals surface area contributed by atoms with E-state index in [1.807, 2.05) is 4.90 Å². The average molecular weight is 297 g/mol. The van der Waals surface area contributed by atoms with Gasteiger partial charge in [0.25, 0.3) is 0 Å². The first-order valence-electron chi connectivity index (χ1n) is 8.58. The number of hydrogen-bond donors (Lipinski definition) is 1. The number of carbonyl (C=O) groups is 1. The summed E-state index contributed by atoms with van der Waals surface area (Å²) in [7, 11) is 0. The summed E-state index contributed by atoms with van der Waals surface area (Å²) in [5.74, 6) is 0.590. The van der Waals surface area contributed by atoms with Crippen molar-refractivity contribution >= 4 is 5.91 Å². The van der Waals surface area contributed by atoms with Crippen LogP contribution in [0, 0.1) is 5.92 Å². The molecular weight excluding hydrogens is 266 g/mol. The Kier molecular flexibility index (Phi) is 6.93. The van der Waals surface area contributed by atoms with Gasteiger partial charge in [-0.05, 0) is 45.4 Å². The molecule has 1 atom stereocenters. The summed E-state index contributed by atoms with van der Waals surface area (Å²) in [6.07, 6.45) is 3.21. The summed E-state index contributed by atoms with van der Waals surface area (Å²) >= 11 is 0. The lowest BCUT2D eigenvalue weighted by Gasteiger charge is -2.26. The van der Waals surface area contributed by atoms with Crippen molar-refractivity contribution in [1.29, 1.82) is 0 Å². The van der Waals surface area contributed by atoms with Crippen molar-refractivity contribution in [1.82, 2.24) is 15.1 Å². The van der Waals surface area contributed by atoms with Crippen molar-refractivity contribution in [2.45, 2.75) is 39.2 Å². The number of ether oxygens (including phenoxy) is 1. The fraction of sp³-hybridized carbons (Fsp3) is 0.938. The van der Waals surface area contributed by atoms with Gasteiger partial charge in [0.15, 0.2) is 0 Å². The molecule has 0 radical (unpaired) electrons. The van der Waals surface area contributed by atoms with Gasteiger partial charge in [0.1, 0.15) is 0 Å². The first kappa shape index (κ1) is 16.7. The van der Waals surface area contributed by atoms with Gasteiger partial charge in [-0.25, -0.2) is 0 Å². The van der Waals surface area contributed by atoms with Crippen LogP contribution in [0.1, 0.15) is 33.1 Å². The number of nitrogens with one attached hydrogen (secondary N) is 1. The zero-order valence-electron chi connectivity index (χ0n) is 13.6. The second-order valence-corrected chi connectivity index (χ2v) is 6.12. The van der Waals surface area contributed by atoms with Crippen molar-refractivity contribution in [3.8, 4) is 0 Å². The molecule has 2 saturated heterocycles. The summed E-state index contributed by atoms with van der Waals surface area (Å²) in [4.78, 5) is 16.8. The van der Waals surface area contributed by atoms with E-state index in [0.29, 0.717) is 5.91 Å². The van der Waals surface area contributed by atoms with Crippen molar-refractivity contribution in [2.75, 3.05) is 52.4 Å². The molecule has 0 spiro atoms. The maximum atomic E-state index is 12.5. The Labute approximate surface area is 129 Å². The van der Waals surface area contributed by atoms with Crippen LogP contribution in [0.15, 0.2) is 0 Å². The topological polar surface area (TPSA) is 44.8 Å². The highest BCUT2D eigenvalue weighted by atomic mass is 16.5. The van der Waals surface area contributed by atoms with Gasteiger partial charge in [-0.1, -0.05) is 13.8 Å². The molecule has 2 aliphatic rings. The fourth-order valence-corrected chi connectivity index (χ4v) is 3.28. The van der Waals surface area contributed by atoms with Crippen molar-refractivity contribution in [3.63, 3.8) is 0 Å². The normalized spacial score (nSPS) is 24.0. The molecule has 0 saturated carbocycles. The highest BCUT2D eigenvalue weighted by molar-refractivity contribution is 5.79. The zero-order chi connectivity index (χ0) is 15.1. The zero-order valence-corrected chi connectivity index (χ0v) is 13.6. The maximum Gasteiger partial charge on any atom is 0.225 e. The first-order valence-corrected chi connectivity index (χ1v) is 8.58. The fourth-order valence-electron chi connectivity index (χ4n) is 3.28. The lowest BCUT2D eigenvalue weighted by molar-refractivity contribution is -0.135. The Morgan fingerprint density at radius 3 is 2.62 bits per heavy atom. The highest BCUT2D eigenvalue weighted by Crippen LogP contribution is 2.20. The summed E-state index contributed by atoms with van der Waals surface area (Å²) in [5.41, 5.74) is 0. The van der Waals surface area contributed by atoms with Crippen molar-refractivity contribution in [2.24, 2.45) is 5.92 Å². The van der Waals surface area contributed by atoms with E-state index in [2.05, 4.69) is 24.1 Å². The Morgan fingerprint density at radius 2 is 1.95 bits per heavy atom. The standard InChI is InChI=1S/C16H31N3O2/c1-3-18(4-2)11-12-21-15-7-10-19(13-15)16(20)14-5-8-17-9-6-14/h14-15,17H,3-13H2,1-2H3. The number of rotatable bonds is 7. The third kappa shape index (κ3) is 4.94. The molecule has 5 heteroatoms. The molecule has 5 nitrogen and oxygen atoms in total. The molecule has 2 rings (SSSR count). The molecule has 0 aliphatic carbocycles. The van der Waals surface area contributed by atoms with Gasteiger partial charge in [0.05, 0.1) is 12.7 Å². The second kappa shape index (κ2) is 8.71.